The number of carbonyl (C=O) groups is 2. The van der Waals surface area contributed by atoms with Crippen molar-refractivity contribution < 1.29 is 28.3 Å². The van der Waals surface area contributed by atoms with Gasteiger partial charge in [-0.15, -0.1) is 0 Å². The maximum absolute atomic E-state index is 13.5. The van der Waals surface area contributed by atoms with Gasteiger partial charge < -0.3 is 10.4 Å². The molecule has 0 radical (unpaired) electrons. The number of hydrogen-bond acceptors (Lipinski definition) is 6. The number of hydrogen-bond donors (Lipinski definition) is 4. The van der Waals surface area contributed by atoms with E-state index < -0.39 is 22.0 Å². The van der Waals surface area contributed by atoms with Crippen LogP contribution in [0.3, 0.4) is 0 Å². The van der Waals surface area contributed by atoms with Gasteiger partial charge >= 0.3 is 0 Å². The maximum atomic E-state index is 13.5. The van der Waals surface area contributed by atoms with Crippen LogP contribution in [-0.2, 0) is 19.6 Å². The highest BCUT2D eigenvalue weighted by Crippen LogP contribution is 2.29. The summed E-state index contributed by atoms with van der Waals surface area (Å²) in [5.41, 5.74) is 2.92. The van der Waals surface area contributed by atoms with Gasteiger partial charge in [-0.25, -0.2) is 13.9 Å². The van der Waals surface area contributed by atoms with E-state index in [2.05, 4.69) is 5.32 Å². The molecule has 184 valence electrons. The smallest absolute Gasteiger partial charge is 0.261 e. The molecular weight excluding hydrogens is 458 g/mol. The van der Waals surface area contributed by atoms with E-state index in [0.717, 1.165) is 16.3 Å². The van der Waals surface area contributed by atoms with Crippen molar-refractivity contribution in [1.82, 2.24) is 15.1 Å². The summed E-state index contributed by atoms with van der Waals surface area (Å²) in [5.74, 6) is -0.508. The molecule has 2 amide bonds. The van der Waals surface area contributed by atoms with Crippen LogP contribution >= 0.6 is 0 Å². The number of piperidine rings is 1. The summed E-state index contributed by atoms with van der Waals surface area (Å²) in [4.78, 5) is 24.7. The lowest BCUT2D eigenvalue weighted by Gasteiger charge is -2.37. The van der Waals surface area contributed by atoms with Crippen LogP contribution in [0.1, 0.15) is 39.5 Å². The fourth-order valence-electron chi connectivity index (χ4n) is 4.02. The largest absolute Gasteiger partial charge is 0.508 e. The van der Waals surface area contributed by atoms with Crippen molar-refractivity contribution in [2.75, 3.05) is 6.54 Å². The van der Waals surface area contributed by atoms with Crippen molar-refractivity contribution >= 4 is 21.8 Å². The Bertz CT molecular complexity index is 1120. The molecule has 3 rings (SSSR count). The third-order valence-corrected chi connectivity index (χ3v) is 7.83. The number of nitrogens with one attached hydrogen (secondary N) is 2. The molecule has 0 aliphatic carbocycles. The van der Waals surface area contributed by atoms with E-state index in [0.29, 0.717) is 24.3 Å². The predicted molar refractivity (Wildman–Crippen MR) is 126 cm³/mol. The number of rotatable bonds is 8. The molecule has 0 spiro atoms. The predicted octanol–water partition coefficient (Wildman–Crippen LogP) is 2.64. The van der Waals surface area contributed by atoms with Crippen molar-refractivity contribution in [3.05, 3.63) is 48.5 Å². The maximum Gasteiger partial charge on any atom is 0.261 e. The number of hydroxylamine groups is 1. The van der Waals surface area contributed by atoms with Gasteiger partial charge in [0.25, 0.3) is 5.91 Å². The molecule has 34 heavy (non-hydrogen) atoms. The summed E-state index contributed by atoms with van der Waals surface area (Å²) in [6.07, 6.45) is 1.49. The standard InChI is InChI=1S/C24H31N3O6S/c1-16(2)6-11-23(29)25-19-12-13-27(22(15-19)24(30)26-31)34(32,33)21-5-3-4-18(14-21)17-7-9-20(28)10-8-17/h3-5,7-10,14,16,19,22,28,31H,6,11-13,15H2,1-2H3,(H,25,29)(H,26,30)/t19-,22-/m1/s1. The van der Waals surface area contributed by atoms with Crippen LogP contribution in [0.25, 0.3) is 11.1 Å². The minimum atomic E-state index is -4.08. The molecule has 2 atom stereocenters. The third kappa shape index (κ3) is 6.13. The average Bonchev–Trinajstić information content (AvgIpc) is 2.82. The molecule has 0 bridgehead atoms. The van der Waals surface area contributed by atoms with Crippen LogP contribution < -0.4 is 10.8 Å². The van der Waals surface area contributed by atoms with E-state index >= 15 is 0 Å². The van der Waals surface area contributed by atoms with E-state index in [-0.39, 0.29) is 35.6 Å². The molecule has 0 unspecified atom stereocenters. The van der Waals surface area contributed by atoms with E-state index in [4.69, 9.17) is 0 Å². The van der Waals surface area contributed by atoms with Crippen molar-refractivity contribution in [1.29, 1.82) is 0 Å². The Kier molecular flexibility index (Phi) is 8.29. The molecule has 1 fully saturated rings. The monoisotopic (exact) mass is 489 g/mol. The summed E-state index contributed by atoms with van der Waals surface area (Å²) in [6.45, 7) is 4.06. The zero-order chi connectivity index (χ0) is 24.9. The normalized spacial score (nSPS) is 19.1. The molecular formula is C24H31N3O6S. The van der Waals surface area contributed by atoms with E-state index in [1.165, 1.54) is 24.3 Å². The highest BCUT2D eigenvalue weighted by atomic mass is 32.2. The number of amides is 2. The summed E-state index contributed by atoms with van der Waals surface area (Å²) in [7, 11) is -4.08. The molecule has 9 nitrogen and oxygen atoms in total. The first-order chi connectivity index (χ1) is 16.1. The highest BCUT2D eigenvalue weighted by molar-refractivity contribution is 7.89. The minimum absolute atomic E-state index is 0.00762. The topological polar surface area (TPSA) is 136 Å². The lowest BCUT2D eigenvalue weighted by atomic mass is 9.98. The average molecular weight is 490 g/mol. The van der Waals surface area contributed by atoms with Crippen LogP contribution in [0.5, 0.6) is 5.75 Å². The molecule has 4 N–H and O–H groups in total. The van der Waals surface area contributed by atoms with E-state index in [9.17, 15) is 28.3 Å². The van der Waals surface area contributed by atoms with Crippen molar-refractivity contribution in [3.63, 3.8) is 0 Å². The van der Waals surface area contributed by atoms with Crippen LogP contribution in [0.4, 0.5) is 0 Å². The van der Waals surface area contributed by atoms with Gasteiger partial charge in [0.1, 0.15) is 11.8 Å². The first-order valence-corrected chi connectivity index (χ1v) is 12.7. The van der Waals surface area contributed by atoms with Crippen molar-refractivity contribution in [2.24, 2.45) is 5.92 Å². The first kappa shape index (κ1) is 25.7. The van der Waals surface area contributed by atoms with Crippen LogP contribution in [0.2, 0.25) is 0 Å². The molecule has 2 aromatic carbocycles. The minimum Gasteiger partial charge on any atom is -0.508 e. The Morgan fingerprint density at radius 3 is 2.47 bits per heavy atom. The molecule has 10 heteroatoms. The van der Waals surface area contributed by atoms with E-state index in [1.54, 1.807) is 29.7 Å². The lowest BCUT2D eigenvalue weighted by Crippen LogP contribution is -2.56. The Labute approximate surface area is 199 Å². The zero-order valence-corrected chi connectivity index (χ0v) is 20.1. The second kappa shape index (κ2) is 11.0. The Balaban J connectivity index is 1.82. The summed E-state index contributed by atoms with van der Waals surface area (Å²) >= 11 is 0. The highest BCUT2D eigenvalue weighted by Gasteiger charge is 2.41. The van der Waals surface area contributed by atoms with Crippen LogP contribution in [0.15, 0.2) is 53.4 Å². The van der Waals surface area contributed by atoms with Gasteiger partial charge in [-0.2, -0.15) is 4.31 Å². The molecule has 2 aromatic rings. The second-order valence-corrected chi connectivity index (χ2v) is 10.8. The third-order valence-electron chi connectivity index (χ3n) is 5.92. The number of nitrogens with zero attached hydrogens (tertiary/aromatic N) is 1. The van der Waals surface area contributed by atoms with Crippen LogP contribution in [-0.4, -0.2) is 53.5 Å². The fraction of sp³-hybridized carbons (Fsp3) is 0.417. The number of aromatic hydroxyl groups is 1. The first-order valence-electron chi connectivity index (χ1n) is 11.3. The van der Waals surface area contributed by atoms with E-state index in [1.807, 2.05) is 13.8 Å². The van der Waals surface area contributed by atoms with Gasteiger partial charge in [-0.05, 0) is 60.6 Å². The fourth-order valence-corrected chi connectivity index (χ4v) is 5.68. The molecule has 1 aliphatic rings. The van der Waals surface area contributed by atoms with Crippen molar-refractivity contribution in [3.8, 4) is 16.9 Å². The number of phenols is 1. The second-order valence-electron chi connectivity index (χ2n) is 8.90. The molecule has 0 aromatic heterocycles. The van der Waals surface area contributed by atoms with Gasteiger partial charge in [-0.3, -0.25) is 14.8 Å². The lowest BCUT2D eigenvalue weighted by molar-refractivity contribution is -0.135. The molecule has 0 saturated carbocycles. The zero-order valence-electron chi connectivity index (χ0n) is 19.3. The summed E-state index contributed by atoms with van der Waals surface area (Å²) in [5, 5.41) is 21.6. The summed E-state index contributed by atoms with van der Waals surface area (Å²) in [6, 6.07) is 11.2. The van der Waals surface area contributed by atoms with Gasteiger partial charge in [0.05, 0.1) is 4.90 Å². The number of benzene rings is 2. The van der Waals surface area contributed by atoms with Gasteiger partial charge in [-0.1, -0.05) is 38.1 Å². The Morgan fingerprint density at radius 2 is 1.82 bits per heavy atom. The molecule has 1 aliphatic heterocycles. The Morgan fingerprint density at radius 1 is 1.12 bits per heavy atom. The number of phenolic OH excluding ortho intramolecular Hbond substituents is 1. The molecule has 1 heterocycles. The Hall–Kier alpha value is -2.95. The number of sulfonamides is 1. The van der Waals surface area contributed by atoms with Gasteiger partial charge in [0.15, 0.2) is 0 Å². The summed E-state index contributed by atoms with van der Waals surface area (Å²) < 4.78 is 28.1. The van der Waals surface area contributed by atoms with Crippen LogP contribution in [0, 0.1) is 5.92 Å². The van der Waals surface area contributed by atoms with Gasteiger partial charge in [0, 0.05) is 19.0 Å². The van der Waals surface area contributed by atoms with Gasteiger partial charge in [0.2, 0.25) is 15.9 Å². The quantitative estimate of drug-likeness (QED) is 0.332. The SMILES string of the molecule is CC(C)CCC(=O)N[C@@H]1CCN(S(=O)(=O)c2cccc(-c3ccc(O)cc3)c2)[C@@H](C(=O)NO)C1. The van der Waals surface area contributed by atoms with Crippen molar-refractivity contribution in [2.45, 2.75) is 56.5 Å². The molecule has 1 saturated heterocycles. The number of carbonyl (C=O) groups excluding carboxylic acids is 2.